The number of amides is 2. The molecular formula is C13H9BrFN3O3. The molecule has 0 spiro atoms. The smallest absolute Gasteiger partial charge is 0.356 e. The number of carboxylic acid groups (broad SMARTS) is 1. The average Bonchev–Trinajstić information content (AvgIpc) is 2.43. The van der Waals surface area contributed by atoms with Gasteiger partial charge in [-0.15, -0.1) is 0 Å². The SMILES string of the molecule is O=C(Nc1cc(F)ccc1Br)Nc1cccnc1C(=O)O. The normalized spacial score (nSPS) is 10.0. The molecule has 0 aliphatic carbocycles. The van der Waals surface area contributed by atoms with Crippen molar-refractivity contribution in [1.82, 2.24) is 4.98 Å². The van der Waals surface area contributed by atoms with E-state index in [0.717, 1.165) is 6.07 Å². The van der Waals surface area contributed by atoms with Crippen molar-refractivity contribution in [3.05, 3.63) is 52.5 Å². The van der Waals surface area contributed by atoms with E-state index in [4.69, 9.17) is 5.11 Å². The fourth-order valence-electron chi connectivity index (χ4n) is 1.55. The van der Waals surface area contributed by atoms with E-state index < -0.39 is 17.8 Å². The predicted octanol–water partition coefficient (Wildman–Crippen LogP) is 3.33. The van der Waals surface area contributed by atoms with Gasteiger partial charge in [0.05, 0.1) is 11.4 Å². The number of pyridine rings is 1. The highest BCUT2D eigenvalue weighted by atomic mass is 79.9. The van der Waals surface area contributed by atoms with Crippen molar-refractivity contribution in [3.8, 4) is 0 Å². The predicted molar refractivity (Wildman–Crippen MR) is 77.9 cm³/mol. The molecular weight excluding hydrogens is 345 g/mol. The molecule has 2 aromatic rings. The topological polar surface area (TPSA) is 91.3 Å². The van der Waals surface area contributed by atoms with Gasteiger partial charge in [-0.25, -0.2) is 19.0 Å². The van der Waals surface area contributed by atoms with Crippen LogP contribution in [0.25, 0.3) is 0 Å². The van der Waals surface area contributed by atoms with Gasteiger partial charge >= 0.3 is 12.0 Å². The van der Waals surface area contributed by atoms with Crippen molar-refractivity contribution in [3.63, 3.8) is 0 Å². The number of carboxylic acids is 1. The maximum absolute atomic E-state index is 13.1. The number of nitrogens with one attached hydrogen (secondary N) is 2. The van der Waals surface area contributed by atoms with Crippen LogP contribution in [-0.2, 0) is 0 Å². The van der Waals surface area contributed by atoms with Gasteiger partial charge in [0.2, 0.25) is 0 Å². The minimum Gasteiger partial charge on any atom is -0.476 e. The number of carbonyl (C=O) groups excluding carboxylic acids is 1. The van der Waals surface area contributed by atoms with Crippen LogP contribution in [0, 0.1) is 5.82 Å². The van der Waals surface area contributed by atoms with Gasteiger partial charge in [-0.3, -0.25) is 0 Å². The molecule has 0 saturated heterocycles. The second-order valence-electron chi connectivity index (χ2n) is 3.91. The Morgan fingerprint density at radius 2 is 1.90 bits per heavy atom. The van der Waals surface area contributed by atoms with Gasteiger partial charge in [0, 0.05) is 10.7 Å². The first kappa shape index (κ1) is 14.9. The zero-order valence-corrected chi connectivity index (χ0v) is 12.0. The van der Waals surface area contributed by atoms with Crippen molar-refractivity contribution in [2.45, 2.75) is 0 Å². The number of nitrogens with zero attached hydrogens (tertiary/aromatic N) is 1. The van der Waals surface area contributed by atoms with Crippen molar-refractivity contribution in [2.75, 3.05) is 10.6 Å². The molecule has 2 amide bonds. The Morgan fingerprint density at radius 3 is 2.62 bits per heavy atom. The van der Waals surface area contributed by atoms with Gasteiger partial charge in [0.25, 0.3) is 0 Å². The summed E-state index contributed by atoms with van der Waals surface area (Å²) in [6, 6.07) is 5.98. The van der Waals surface area contributed by atoms with Crippen molar-refractivity contribution in [1.29, 1.82) is 0 Å². The van der Waals surface area contributed by atoms with Crippen LogP contribution in [0.3, 0.4) is 0 Å². The number of urea groups is 1. The highest BCUT2D eigenvalue weighted by Gasteiger charge is 2.14. The number of halogens is 2. The van der Waals surface area contributed by atoms with E-state index in [0.29, 0.717) is 4.47 Å². The summed E-state index contributed by atoms with van der Waals surface area (Å²) in [6.07, 6.45) is 1.30. The van der Waals surface area contributed by atoms with Gasteiger partial charge in [-0.2, -0.15) is 0 Å². The van der Waals surface area contributed by atoms with Gasteiger partial charge in [0.1, 0.15) is 5.82 Å². The third-order valence-corrected chi connectivity index (χ3v) is 3.13. The van der Waals surface area contributed by atoms with Crippen LogP contribution in [0.15, 0.2) is 41.0 Å². The van der Waals surface area contributed by atoms with E-state index in [1.54, 1.807) is 0 Å². The van der Waals surface area contributed by atoms with Gasteiger partial charge in [0.15, 0.2) is 5.69 Å². The summed E-state index contributed by atoms with van der Waals surface area (Å²) in [4.78, 5) is 26.5. The van der Waals surface area contributed by atoms with Crippen LogP contribution in [0.2, 0.25) is 0 Å². The first-order chi connectivity index (χ1) is 9.97. The molecule has 1 heterocycles. The molecule has 3 N–H and O–H groups in total. The fraction of sp³-hybridized carbons (Fsp3) is 0. The van der Waals surface area contributed by atoms with Crippen molar-refractivity contribution in [2.24, 2.45) is 0 Å². The molecule has 0 atom stereocenters. The summed E-state index contributed by atoms with van der Waals surface area (Å²) >= 11 is 3.17. The molecule has 0 aliphatic heterocycles. The quantitative estimate of drug-likeness (QED) is 0.789. The van der Waals surface area contributed by atoms with Crippen LogP contribution in [0.1, 0.15) is 10.5 Å². The number of aromatic carboxylic acids is 1. The summed E-state index contributed by atoms with van der Waals surface area (Å²) in [5, 5.41) is 13.7. The van der Waals surface area contributed by atoms with Crippen molar-refractivity contribution < 1.29 is 19.1 Å². The molecule has 0 aliphatic rings. The number of hydrogen-bond acceptors (Lipinski definition) is 3. The Labute approximate surface area is 127 Å². The highest BCUT2D eigenvalue weighted by Crippen LogP contribution is 2.23. The van der Waals surface area contributed by atoms with E-state index in [2.05, 4.69) is 31.5 Å². The highest BCUT2D eigenvalue weighted by molar-refractivity contribution is 9.10. The van der Waals surface area contributed by atoms with Crippen LogP contribution in [0.4, 0.5) is 20.6 Å². The number of hydrogen-bond donors (Lipinski definition) is 3. The van der Waals surface area contributed by atoms with Crippen LogP contribution >= 0.6 is 15.9 Å². The number of aromatic nitrogens is 1. The maximum atomic E-state index is 13.1. The molecule has 6 nitrogen and oxygen atoms in total. The summed E-state index contributed by atoms with van der Waals surface area (Å²) < 4.78 is 13.6. The molecule has 21 heavy (non-hydrogen) atoms. The van der Waals surface area contributed by atoms with Crippen molar-refractivity contribution >= 4 is 39.3 Å². The summed E-state index contributed by atoms with van der Waals surface area (Å²) in [7, 11) is 0. The Balaban J connectivity index is 2.16. The van der Waals surface area contributed by atoms with Crippen LogP contribution in [0.5, 0.6) is 0 Å². The molecule has 1 aromatic heterocycles. The lowest BCUT2D eigenvalue weighted by Crippen LogP contribution is -2.21. The maximum Gasteiger partial charge on any atom is 0.356 e. The number of anilines is 2. The third kappa shape index (κ3) is 3.76. The van der Waals surface area contributed by atoms with E-state index in [-0.39, 0.29) is 17.1 Å². The summed E-state index contributed by atoms with van der Waals surface area (Å²) in [5.74, 6) is -1.78. The Kier molecular flexibility index (Phi) is 4.49. The molecule has 8 heteroatoms. The average molecular weight is 354 g/mol. The minimum absolute atomic E-state index is 0.0371. The molecule has 108 valence electrons. The summed E-state index contributed by atoms with van der Waals surface area (Å²) in [5.41, 5.74) is -0.0331. The van der Waals surface area contributed by atoms with Gasteiger partial charge in [-0.1, -0.05) is 0 Å². The number of rotatable bonds is 3. The monoisotopic (exact) mass is 353 g/mol. The van der Waals surface area contributed by atoms with E-state index in [9.17, 15) is 14.0 Å². The second kappa shape index (κ2) is 6.31. The van der Waals surface area contributed by atoms with Gasteiger partial charge in [-0.05, 0) is 46.3 Å². The first-order valence-corrected chi connectivity index (χ1v) is 6.48. The lowest BCUT2D eigenvalue weighted by Gasteiger charge is -2.10. The zero-order valence-electron chi connectivity index (χ0n) is 10.4. The molecule has 0 unspecified atom stereocenters. The Bertz CT molecular complexity index is 709. The van der Waals surface area contributed by atoms with Crippen LogP contribution in [-0.4, -0.2) is 22.1 Å². The number of benzene rings is 1. The molecule has 0 saturated carbocycles. The van der Waals surface area contributed by atoms with E-state index in [1.165, 1.54) is 30.5 Å². The molecule has 2 rings (SSSR count). The fourth-order valence-corrected chi connectivity index (χ4v) is 1.89. The zero-order chi connectivity index (χ0) is 15.4. The minimum atomic E-state index is -1.27. The lowest BCUT2D eigenvalue weighted by molar-refractivity contribution is 0.0691. The molecule has 0 bridgehead atoms. The molecule has 1 aromatic carbocycles. The Hall–Kier alpha value is -2.48. The standard InChI is InChI=1S/C13H9BrFN3O3/c14-8-4-3-7(15)6-10(8)18-13(21)17-9-2-1-5-16-11(9)12(19)20/h1-6H,(H,19,20)(H2,17,18,21). The lowest BCUT2D eigenvalue weighted by atomic mass is 10.3. The van der Waals surface area contributed by atoms with Crippen LogP contribution < -0.4 is 10.6 Å². The largest absolute Gasteiger partial charge is 0.476 e. The summed E-state index contributed by atoms with van der Waals surface area (Å²) in [6.45, 7) is 0. The molecule has 0 radical (unpaired) electrons. The van der Waals surface area contributed by atoms with Gasteiger partial charge < -0.3 is 15.7 Å². The van der Waals surface area contributed by atoms with E-state index >= 15 is 0 Å². The third-order valence-electron chi connectivity index (χ3n) is 2.44. The first-order valence-electron chi connectivity index (χ1n) is 5.69. The Morgan fingerprint density at radius 1 is 1.19 bits per heavy atom. The number of carbonyl (C=O) groups is 2. The second-order valence-corrected chi connectivity index (χ2v) is 4.76. The molecule has 0 fully saturated rings. The van der Waals surface area contributed by atoms with E-state index in [1.807, 2.05) is 0 Å².